The van der Waals surface area contributed by atoms with Crippen LogP contribution in [0.2, 0.25) is 0 Å². The number of carbonyl (C=O) groups excluding carboxylic acids is 2. The number of aromatic nitrogens is 1. The van der Waals surface area contributed by atoms with E-state index in [-0.39, 0.29) is 11.8 Å². The van der Waals surface area contributed by atoms with E-state index in [9.17, 15) is 14.0 Å². The second-order valence-electron chi connectivity index (χ2n) is 7.43. The highest BCUT2D eigenvalue weighted by Gasteiger charge is 2.26. The minimum atomic E-state index is -0.436. The summed E-state index contributed by atoms with van der Waals surface area (Å²) < 4.78 is 14.4. The number of amides is 2. The molecule has 2 heterocycles. The Labute approximate surface area is 188 Å². The molecule has 1 saturated heterocycles. The van der Waals surface area contributed by atoms with E-state index in [4.69, 9.17) is 0 Å². The van der Waals surface area contributed by atoms with Crippen LogP contribution in [0, 0.1) is 12.7 Å². The Morgan fingerprint density at radius 2 is 1.58 bits per heavy atom. The summed E-state index contributed by atoms with van der Waals surface area (Å²) in [6.07, 6.45) is 0. The van der Waals surface area contributed by atoms with E-state index >= 15 is 0 Å². The number of benzene rings is 2. The van der Waals surface area contributed by atoms with Crippen molar-refractivity contribution >= 4 is 27.7 Å². The summed E-state index contributed by atoms with van der Waals surface area (Å²) in [5.41, 5.74) is 3.33. The largest absolute Gasteiger partial charge is 0.335 e. The fraction of sp³-hybridized carbons (Fsp3) is 0.208. The Hall–Kier alpha value is -3.06. The number of rotatable bonds is 3. The molecule has 3 aromatic rings. The van der Waals surface area contributed by atoms with Crippen LogP contribution in [0.25, 0.3) is 11.3 Å². The third kappa shape index (κ3) is 4.66. The highest BCUT2D eigenvalue weighted by Crippen LogP contribution is 2.23. The van der Waals surface area contributed by atoms with Gasteiger partial charge in [-0.25, -0.2) is 4.39 Å². The van der Waals surface area contributed by atoms with Gasteiger partial charge in [-0.15, -0.1) is 0 Å². The summed E-state index contributed by atoms with van der Waals surface area (Å²) in [5.74, 6) is -0.750. The molecule has 1 fully saturated rings. The van der Waals surface area contributed by atoms with Crippen LogP contribution in [0.3, 0.4) is 0 Å². The highest BCUT2D eigenvalue weighted by atomic mass is 79.9. The fourth-order valence-corrected chi connectivity index (χ4v) is 4.08. The Morgan fingerprint density at radius 3 is 2.23 bits per heavy atom. The molecular formula is C24H21BrFN3O2. The van der Waals surface area contributed by atoms with Gasteiger partial charge in [0.1, 0.15) is 5.82 Å². The van der Waals surface area contributed by atoms with Crippen molar-refractivity contribution in [1.29, 1.82) is 0 Å². The van der Waals surface area contributed by atoms with Crippen LogP contribution in [0.4, 0.5) is 4.39 Å². The maximum absolute atomic E-state index is 13.4. The smallest absolute Gasteiger partial charge is 0.255 e. The van der Waals surface area contributed by atoms with Crippen molar-refractivity contribution in [1.82, 2.24) is 14.8 Å². The molecule has 2 aromatic carbocycles. The molecule has 0 radical (unpaired) electrons. The maximum atomic E-state index is 13.4. The van der Waals surface area contributed by atoms with Gasteiger partial charge in [0.15, 0.2) is 0 Å². The molecule has 0 atom stereocenters. The number of nitrogens with zero attached hydrogens (tertiary/aromatic N) is 3. The summed E-state index contributed by atoms with van der Waals surface area (Å²) in [6, 6.07) is 17.2. The quantitative estimate of drug-likeness (QED) is 0.550. The molecule has 0 N–H and O–H groups in total. The van der Waals surface area contributed by atoms with Gasteiger partial charge in [-0.2, -0.15) is 0 Å². The van der Waals surface area contributed by atoms with Crippen molar-refractivity contribution in [3.8, 4) is 11.3 Å². The molecule has 7 heteroatoms. The molecule has 0 spiro atoms. The molecule has 2 amide bonds. The van der Waals surface area contributed by atoms with Gasteiger partial charge in [0.2, 0.25) is 0 Å². The van der Waals surface area contributed by atoms with E-state index in [1.54, 1.807) is 15.9 Å². The number of hydrogen-bond donors (Lipinski definition) is 0. The number of halogens is 2. The lowest BCUT2D eigenvalue weighted by Crippen LogP contribution is -2.50. The highest BCUT2D eigenvalue weighted by molar-refractivity contribution is 9.10. The second kappa shape index (κ2) is 8.98. The molecule has 158 valence electrons. The third-order valence-corrected chi connectivity index (χ3v) is 5.86. The number of hydrogen-bond acceptors (Lipinski definition) is 3. The molecule has 1 aliphatic heterocycles. The first-order valence-corrected chi connectivity index (χ1v) is 10.8. The summed E-state index contributed by atoms with van der Waals surface area (Å²) >= 11 is 3.47. The van der Waals surface area contributed by atoms with E-state index in [2.05, 4.69) is 20.9 Å². The molecule has 0 unspecified atom stereocenters. The minimum Gasteiger partial charge on any atom is -0.335 e. The monoisotopic (exact) mass is 481 g/mol. The van der Waals surface area contributed by atoms with E-state index in [0.29, 0.717) is 43.0 Å². The molecule has 4 rings (SSSR count). The molecule has 1 aromatic heterocycles. The second-order valence-corrected chi connectivity index (χ2v) is 8.35. The average Bonchev–Trinajstić information content (AvgIpc) is 2.78. The Morgan fingerprint density at radius 1 is 0.903 bits per heavy atom. The van der Waals surface area contributed by atoms with Gasteiger partial charge in [-0.05, 0) is 49.4 Å². The molecule has 0 aliphatic carbocycles. The lowest BCUT2D eigenvalue weighted by Gasteiger charge is -2.35. The van der Waals surface area contributed by atoms with Gasteiger partial charge in [0, 0.05) is 41.8 Å². The number of carbonyl (C=O) groups is 2. The first-order valence-electron chi connectivity index (χ1n) is 10.00. The molecule has 5 nitrogen and oxygen atoms in total. The normalized spacial score (nSPS) is 13.9. The van der Waals surface area contributed by atoms with Crippen molar-refractivity contribution in [2.75, 3.05) is 26.2 Å². The first-order chi connectivity index (χ1) is 14.9. The van der Waals surface area contributed by atoms with Gasteiger partial charge in [0.05, 0.1) is 17.0 Å². The van der Waals surface area contributed by atoms with Gasteiger partial charge in [0.25, 0.3) is 11.8 Å². The van der Waals surface area contributed by atoms with E-state index in [0.717, 1.165) is 15.7 Å². The van der Waals surface area contributed by atoms with Crippen LogP contribution in [-0.4, -0.2) is 52.8 Å². The molecular weight excluding hydrogens is 461 g/mol. The number of pyridine rings is 1. The maximum Gasteiger partial charge on any atom is 0.255 e. The van der Waals surface area contributed by atoms with Crippen molar-refractivity contribution in [2.45, 2.75) is 6.92 Å². The lowest BCUT2D eigenvalue weighted by atomic mass is 10.1. The third-order valence-electron chi connectivity index (χ3n) is 5.36. The van der Waals surface area contributed by atoms with Crippen molar-refractivity contribution in [3.05, 3.63) is 87.8 Å². The SMILES string of the molecule is Cc1nc(-c2cccc(Br)c2)ccc1C(=O)N1CCN(C(=O)c2cccc(F)c2)CC1. The van der Waals surface area contributed by atoms with E-state index < -0.39 is 5.82 Å². The van der Waals surface area contributed by atoms with Crippen molar-refractivity contribution in [3.63, 3.8) is 0 Å². The van der Waals surface area contributed by atoms with E-state index in [1.807, 2.05) is 43.3 Å². The zero-order valence-electron chi connectivity index (χ0n) is 17.0. The zero-order chi connectivity index (χ0) is 22.0. The van der Waals surface area contributed by atoms with Gasteiger partial charge in [-0.3, -0.25) is 14.6 Å². The van der Waals surface area contributed by atoms with Crippen LogP contribution in [0.1, 0.15) is 26.4 Å². The predicted molar refractivity (Wildman–Crippen MR) is 120 cm³/mol. The van der Waals surface area contributed by atoms with Crippen molar-refractivity contribution in [2.24, 2.45) is 0 Å². The zero-order valence-corrected chi connectivity index (χ0v) is 18.6. The van der Waals surface area contributed by atoms with E-state index in [1.165, 1.54) is 18.2 Å². The Balaban J connectivity index is 1.43. The molecule has 0 bridgehead atoms. The van der Waals surface area contributed by atoms with Gasteiger partial charge < -0.3 is 9.80 Å². The fourth-order valence-electron chi connectivity index (χ4n) is 3.68. The van der Waals surface area contributed by atoms with Gasteiger partial charge >= 0.3 is 0 Å². The minimum absolute atomic E-state index is 0.0938. The van der Waals surface area contributed by atoms with Crippen LogP contribution < -0.4 is 0 Å². The topological polar surface area (TPSA) is 53.5 Å². The first kappa shape index (κ1) is 21.2. The molecule has 0 saturated carbocycles. The summed E-state index contributed by atoms with van der Waals surface area (Å²) in [6.45, 7) is 3.49. The molecule has 1 aliphatic rings. The van der Waals surface area contributed by atoms with Crippen molar-refractivity contribution < 1.29 is 14.0 Å². The summed E-state index contributed by atoms with van der Waals surface area (Å²) in [7, 11) is 0. The van der Waals surface area contributed by atoms with Crippen LogP contribution in [0.5, 0.6) is 0 Å². The summed E-state index contributed by atoms with van der Waals surface area (Å²) in [4.78, 5) is 33.6. The average molecular weight is 482 g/mol. The molecule has 31 heavy (non-hydrogen) atoms. The van der Waals surface area contributed by atoms with Crippen LogP contribution in [-0.2, 0) is 0 Å². The van der Waals surface area contributed by atoms with Gasteiger partial charge in [-0.1, -0.05) is 34.1 Å². The number of piperazine rings is 1. The standard InChI is InChI=1S/C24H21BrFN3O2/c1-16-21(8-9-22(27-16)17-4-2-6-19(25)14-17)24(31)29-12-10-28(11-13-29)23(30)18-5-3-7-20(26)15-18/h2-9,14-15H,10-13H2,1H3. The lowest BCUT2D eigenvalue weighted by molar-refractivity contribution is 0.0534. The Kier molecular flexibility index (Phi) is 6.13. The predicted octanol–water partition coefficient (Wildman–Crippen LogP) is 4.56. The van der Waals surface area contributed by atoms with Crippen LogP contribution >= 0.6 is 15.9 Å². The van der Waals surface area contributed by atoms with Crippen LogP contribution in [0.15, 0.2) is 65.1 Å². The number of aryl methyl sites for hydroxylation is 1. The Bertz CT molecular complexity index is 1140. The summed E-state index contributed by atoms with van der Waals surface area (Å²) in [5, 5.41) is 0.